The molecule has 0 N–H and O–H groups in total. The molecule has 0 saturated carbocycles. The highest BCUT2D eigenvalue weighted by molar-refractivity contribution is 7.13. The number of hydrogen-bond acceptors (Lipinski definition) is 5. The summed E-state index contributed by atoms with van der Waals surface area (Å²) in [6, 6.07) is 5.02. The number of alkyl halides is 1. The Morgan fingerprint density at radius 3 is 3.00 bits per heavy atom. The van der Waals surface area contributed by atoms with E-state index < -0.39 is 6.17 Å². The first kappa shape index (κ1) is 14.1. The zero-order chi connectivity index (χ0) is 14.8. The summed E-state index contributed by atoms with van der Waals surface area (Å²) in [6.07, 6.45) is 1.36. The Bertz CT molecular complexity index is 648. The number of nitro groups is 1. The van der Waals surface area contributed by atoms with Crippen molar-refractivity contribution in [2.75, 3.05) is 13.1 Å². The Morgan fingerprint density at radius 1 is 1.52 bits per heavy atom. The summed E-state index contributed by atoms with van der Waals surface area (Å²) in [5.41, 5.74) is 1.44. The predicted octanol–water partition coefficient (Wildman–Crippen LogP) is 3.26. The van der Waals surface area contributed by atoms with Crippen LogP contribution in [0.2, 0.25) is 0 Å². The molecule has 0 aliphatic carbocycles. The summed E-state index contributed by atoms with van der Waals surface area (Å²) in [7, 11) is 0. The number of halogens is 1. The molecule has 110 valence electrons. The monoisotopic (exact) mass is 307 g/mol. The Balaban J connectivity index is 1.99. The van der Waals surface area contributed by atoms with Gasteiger partial charge in [-0.1, -0.05) is 12.1 Å². The minimum Gasteiger partial charge on any atom is -0.296 e. The van der Waals surface area contributed by atoms with Gasteiger partial charge in [-0.05, 0) is 12.0 Å². The average molecular weight is 307 g/mol. The van der Waals surface area contributed by atoms with Crippen LogP contribution in [0.3, 0.4) is 0 Å². The molecule has 1 aromatic carbocycles. The molecular weight excluding hydrogens is 293 g/mol. The van der Waals surface area contributed by atoms with Crippen LogP contribution in [0, 0.1) is 10.1 Å². The van der Waals surface area contributed by atoms with Gasteiger partial charge in [-0.25, -0.2) is 9.37 Å². The van der Waals surface area contributed by atoms with Gasteiger partial charge in [-0.2, -0.15) is 0 Å². The smallest absolute Gasteiger partial charge is 0.279 e. The van der Waals surface area contributed by atoms with Crippen LogP contribution in [0.25, 0.3) is 10.6 Å². The third-order valence-corrected chi connectivity index (χ3v) is 4.37. The summed E-state index contributed by atoms with van der Waals surface area (Å²) < 4.78 is 13.3. The number of likely N-dealkylation sites (tertiary alicyclic amines) is 1. The van der Waals surface area contributed by atoms with Crippen LogP contribution >= 0.6 is 11.3 Å². The first-order valence-electron chi connectivity index (χ1n) is 6.67. The molecular formula is C14H14FN3O2S. The number of nitrogens with zero attached hydrogens (tertiary/aromatic N) is 3. The largest absolute Gasteiger partial charge is 0.296 e. The lowest BCUT2D eigenvalue weighted by molar-refractivity contribution is -0.384. The van der Waals surface area contributed by atoms with Gasteiger partial charge < -0.3 is 0 Å². The van der Waals surface area contributed by atoms with E-state index in [0.29, 0.717) is 36.6 Å². The van der Waals surface area contributed by atoms with Crippen molar-refractivity contribution in [1.82, 2.24) is 9.88 Å². The molecule has 3 rings (SSSR count). The van der Waals surface area contributed by atoms with E-state index in [0.717, 1.165) is 5.56 Å². The summed E-state index contributed by atoms with van der Waals surface area (Å²) in [4.78, 5) is 17.1. The highest BCUT2D eigenvalue weighted by Gasteiger charge is 2.26. The van der Waals surface area contributed by atoms with Gasteiger partial charge >= 0.3 is 0 Å². The first-order chi connectivity index (χ1) is 10.1. The van der Waals surface area contributed by atoms with Gasteiger partial charge in [0.05, 0.1) is 10.5 Å². The molecule has 2 heterocycles. The van der Waals surface area contributed by atoms with Crippen molar-refractivity contribution in [2.45, 2.75) is 19.1 Å². The SMILES string of the molecule is O=[N+]([O-])c1cccc(CN2CC[C@@H](F)C2)c1-c1nccs1. The number of aromatic nitrogens is 1. The lowest BCUT2D eigenvalue weighted by Gasteiger charge is -2.16. The Morgan fingerprint density at radius 2 is 2.38 bits per heavy atom. The zero-order valence-electron chi connectivity index (χ0n) is 11.2. The number of rotatable bonds is 4. The molecule has 0 unspecified atom stereocenters. The summed E-state index contributed by atoms with van der Waals surface area (Å²) in [5, 5.41) is 13.7. The van der Waals surface area contributed by atoms with Crippen LogP contribution in [-0.2, 0) is 6.54 Å². The average Bonchev–Trinajstić information content (AvgIpc) is 3.10. The van der Waals surface area contributed by atoms with Gasteiger partial charge in [0.25, 0.3) is 5.69 Å². The van der Waals surface area contributed by atoms with E-state index in [1.165, 1.54) is 17.4 Å². The topological polar surface area (TPSA) is 59.3 Å². The maximum Gasteiger partial charge on any atom is 0.279 e. The third-order valence-electron chi connectivity index (χ3n) is 3.58. The molecule has 0 spiro atoms. The second-order valence-corrected chi connectivity index (χ2v) is 5.92. The lowest BCUT2D eigenvalue weighted by Crippen LogP contribution is -2.21. The van der Waals surface area contributed by atoms with Crippen LogP contribution in [0.4, 0.5) is 10.1 Å². The second-order valence-electron chi connectivity index (χ2n) is 5.03. The molecule has 1 fully saturated rings. The van der Waals surface area contributed by atoms with Crippen molar-refractivity contribution in [3.05, 3.63) is 45.5 Å². The molecule has 1 aliphatic rings. The van der Waals surface area contributed by atoms with Gasteiger partial charge in [0.15, 0.2) is 0 Å². The molecule has 1 aliphatic heterocycles. The van der Waals surface area contributed by atoms with E-state index >= 15 is 0 Å². The number of hydrogen-bond donors (Lipinski definition) is 0. The number of nitro benzene ring substituents is 1. The molecule has 0 amide bonds. The van der Waals surface area contributed by atoms with E-state index in [2.05, 4.69) is 4.98 Å². The Kier molecular flexibility index (Phi) is 3.94. The summed E-state index contributed by atoms with van der Waals surface area (Å²) in [6.45, 7) is 1.58. The van der Waals surface area contributed by atoms with Crippen molar-refractivity contribution in [1.29, 1.82) is 0 Å². The van der Waals surface area contributed by atoms with Gasteiger partial charge in [-0.3, -0.25) is 15.0 Å². The Hall–Kier alpha value is -1.86. The minimum absolute atomic E-state index is 0.0541. The van der Waals surface area contributed by atoms with Crippen LogP contribution in [-0.4, -0.2) is 34.1 Å². The Labute approximate surface area is 125 Å². The molecule has 0 bridgehead atoms. The maximum absolute atomic E-state index is 13.3. The quantitative estimate of drug-likeness (QED) is 0.642. The van der Waals surface area contributed by atoms with Crippen LogP contribution in [0.5, 0.6) is 0 Å². The van der Waals surface area contributed by atoms with Gasteiger partial charge in [-0.15, -0.1) is 11.3 Å². The van der Waals surface area contributed by atoms with Crippen molar-refractivity contribution in [2.24, 2.45) is 0 Å². The van der Waals surface area contributed by atoms with E-state index in [1.807, 2.05) is 11.0 Å². The fraction of sp³-hybridized carbons (Fsp3) is 0.357. The highest BCUT2D eigenvalue weighted by Crippen LogP contribution is 2.35. The maximum atomic E-state index is 13.3. The standard InChI is InChI=1S/C14H14FN3O2S/c15-11-4-6-17(9-11)8-10-2-1-3-12(18(19)20)13(10)14-16-5-7-21-14/h1-3,5,7,11H,4,6,8-9H2/t11-/m1/s1. The highest BCUT2D eigenvalue weighted by atomic mass is 32.1. The second kappa shape index (κ2) is 5.87. The number of benzene rings is 1. The lowest BCUT2D eigenvalue weighted by atomic mass is 10.1. The summed E-state index contributed by atoms with van der Waals surface area (Å²) in [5.74, 6) is 0. The molecule has 0 radical (unpaired) electrons. The molecule has 5 nitrogen and oxygen atoms in total. The molecule has 1 aromatic heterocycles. The molecule has 21 heavy (non-hydrogen) atoms. The normalized spacial score (nSPS) is 19.0. The van der Waals surface area contributed by atoms with Crippen molar-refractivity contribution < 1.29 is 9.31 Å². The third kappa shape index (κ3) is 2.93. The molecule has 7 heteroatoms. The molecule has 1 saturated heterocycles. The van der Waals surface area contributed by atoms with E-state index in [1.54, 1.807) is 17.6 Å². The first-order valence-corrected chi connectivity index (χ1v) is 7.55. The van der Waals surface area contributed by atoms with E-state index in [-0.39, 0.29) is 10.6 Å². The predicted molar refractivity (Wildman–Crippen MR) is 79.0 cm³/mol. The van der Waals surface area contributed by atoms with E-state index in [9.17, 15) is 14.5 Å². The van der Waals surface area contributed by atoms with Gasteiger partial charge in [0.1, 0.15) is 11.2 Å². The zero-order valence-corrected chi connectivity index (χ0v) is 12.1. The van der Waals surface area contributed by atoms with E-state index in [4.69, 9.17) is 0 Å². The van der Waals surface area contributed by atoms with Crippen molar-refractivity contribution >= 4 is 17.0 Å². The van der Waals surface area contributed by atoms with Gasteiger partial charge in [0, 0.05) is 37.3 Å². The van der Waals surface area contributed by atoms with Crippen LogP contribution < -0.4 is 0 Å². The minimum atomic E-state index is -0.799. The van der Waals surface area contributed by atoms with Crippen LogP contribution in [0.1, 0.15) is 12.0 Å². The van der Waals surface area contributed by atoms with Crippen molar-refractivity contribution in [3.63, 3.8) is 0 Å². The molecule has 2 aromatic rings. The molecule has 1 atom stereocenters. The van der Waals surface area contributed by atoms with Crippen LogP contribution in [0.15, 0.2) is 29.8 Å². The fourth-order valence-corrected chi connectivity index (χ4v) is 3.36. The summed E-state index contributed by atoms with van der Waals surface area (Å²) >= 11 is 1.37. The number of thiazole rings is 1. The fourth-order valence-electron chi connectivity index (χ4n) is 2.63. The van der Waals surface area contributed by atoms with Gasteiger partial charge in [0.2, 0.25) is 0 Å². The van der Waals surface area contributed by atoms with Crippen molar-refractivity contribution in [3.8, 4) is 10.6 Å².